The Morgan fingerprint density at radius 3 is 2.62 bits per heavy atom. The molecular weight excluding hydrogens is 308 g/mol. The van der Waals surface area contributed by atoms with Crippen LogP contribution in [0.3, 0.4) is 0 Å². The highest BCUT2D eigenvalue weighted by atomic mass is 16.6. The van der Waals surface area contributed by atoms with E-state index < -0.39 is 11.6 Å². The summed E-state index contributed by atoms with van der Waals surface area (Å²) in [5.41, 5.74) is 2.81. The molecule has 3 aromatic rings. The minimum atomic E-state index is -0.481. The summed E-state index contributed by atoms with van der Waals surface area (Å²) in [7, 11) is 1.29. The first-order valence-corrected chi connectivity index (χ1v) is 7.42. The summed E-state index contributed by atoms with van der Waals surface area (Å²) in [6.07, 6.45) is 0. The third-order valence-corrected chi connectivity index (χ3v) is 3.74. The molecule has 0 N–H and O–H groups in total. The highest BCUT2D eigenvalue weighted by Gasteiger charge is 2.11. The first kappa shape index (κ1) is 15.8. The normalized spacial score (nSPS) is 10.6. The maximum atomic E-state index is 11.9. The smallest absolute Gasteiger partial charge is 0.343 e. The lowest BCUT2D eigenvalue weighted by Crippen LogP contribution is -2.12. The summed E-state index contributed by atoms with van der Waals surface area (Å²) < 4.78 is 15.2. The summed E-state index contributed by atoms with van der Waals surface area (Å²) in [5, 5.41) is 0.800. The molecule has 0 saturated carbocycles. The van der Waals surface area contributed by atoms with Crippen molar-refractivity contribution in [1.82, 2.24) is 0 Å². The van der Waals surface area contributed by atoms with Crippen molar-refractivity contribution >= 4 is 16.9 Å². The van der Waals surface area contributed by atoms with Crippen molar-refractivity contribution in [3.8, 4) is 16.9 Å². The Balaban J connectivity index is 2.08. The number of hydrogen-bond acceptors (Lipinski definition) is 5. The summed E-state index contributed by atoms with van der Waals surface area (Å²) >= 11 is 0. The molecule has 1 aromatic heterocycles. The van der Waals surface area contributed by atoms with Crippen molar-refractivity contribution < 1.29 is 18.7 Å². The zero-order valence-corrected chi connectivity index (χ0v) is 13.4. The fraction of sp³-hybridized carbons (Fsp3) is 0.158. The van der Waals surface area contributed by atoms with Crippen molar-refractivity contribution in [1.29, 1.82) is 0 Å². The molecule has 0 bridgehead atoms. The van der Waals surface area contributed by atoms with Crippen molar-refractivity contribution in [3.05, 3.63) is 64.5 Å². The van der Waals surface area contributed by atoms with E-state index in [1.54, 1.807) is 12.1 Å². The molecule has 2 aromatic carbocycles. The van der Waals surface area contributed by atoms with E-state index >= 15 is 0 Å². The molecule has 0 fully saturated rings. The van der Waals surface area contributed by atoms with Gasteiger partial charge in [0.15, 0.2) is 6.61 Å². The van der Waals surface area contributed by atoms with Gasteiger partial charge in [-0.15, -0.1) is 0 Å². The Morgan fingerprint density at radius 2 is 1.88 bits per heavy atom. The molecule has 0 aliphatic carbocycles. The fourth-order valence-electron chi connectivity index (χ4n) is 2.53. The maximum Gasteiger partial charge on any atom is 0.343 e. The molecule has 122 valence electrons. The number of hydrogen-bond donors (Lipinski definition) is 0. The SMILES string of the molecule is COC(=O)COc1ccc2c(-c3ccccc3C)cc(=O)oc2c1. The van der Waals surface area contributed by atoms with Gasteiger partial charge in [0.1, 0.15) is 11.3 Å². The summed E-state index contributed by atoms with van der Waals surface area (Å²) in [4.78, 5) is 23.1. The van der Waals surface area contributed by atoms with Crippen LogP contribution in [0.1, 0.15) is 5.56 Å². The van der Waals surface area contributed by atoms with Gasteiger partial charge in [0.25, 0.3) is 0 Å². The largest absolute Gasteiger partial charge is 0.482 e. The van der Waals surface area contributed by atoms with E-state index in [1.807, 2.05) is 37.3 Å². The first-order chi connectivity index (χ1) is 11.6. The van der Waals surface area contributed by atoms with Crippen LogP contribution in [-0.2, 0) is 9.53 Å². The number of fused-ring (bicyclic) bond motifs is 1. The van der Waals surface area contributed by atoms with Crippen molar-refractivity contribution in [3.63, 3.8) is 0 Å². The van der Waals surface area contributed by atoms with Crippen LogP contribution in [0, 0.1) is 6.92 Å². The second-order valence-corrected chi connectivity index (χ2v) is 5.32. The van der Waals surface area contributed by atoms with Crippen LogP contribution >= 0.6 is 0 Å². The first-order valence-electron chi connectivity index (χ1n) is 7.42. The van der Waals surface area contributed by atoms with Gasteiger partial charge in [0.05, 0.1) is 7.11 Å². The topological polar surface area (TPSA) is 65.7 Å². The molecule has 0 saturated heterocycles. The quantitative estimate of drug-likeness (QED) is 0.544. The summed E-state index contributed by atoms with van der Waals surface area (Å²) in [5.74, 6) is -0.0526. The molecule has 0 atom stereocenters. The van der Waals surface area contributed by atoms with Gasteiger partial charge in [-0.3, -0.25) is 0 Å². The van der Waals surface area contributed by atoms with Crippen molar-refractivity contribution in [2.24, 2.45) is 0 Å². The molecule has 1 heterocycles. The Morgan fingerprint density at radius 1 is 1.08 bits per heavy atom. The monoisotopic (exact) mass is 324 g/mol. The summed E-state index contributed by atoms with van der Waals surface area (Å²) in [6, 6.07) is 14.5. The molecule has 0 spiro atoms. The predicted octanol–water partition coefficient (Wildman–Crippen LogP) is 3.32. The average molecular weight is 324 g/mol. The molecule has 0 aliphatic heterocycles. The van der Waals surface area contributed by atoms with E-state index in [-0.39, 0.29) is 6.61 Å². The van der Waals surface area contributed by atoms with E-state index in [0.29, 0.717) is 11.3 Å². The van der Waals surface area contributed by atoms with E-state index in [2.05, 4.69) is 4.74 Å². The molecule has 5 nitrogen and oxygen atoms in total. The van der Waals surface area contributed by atoms with E-state index in [0.717, 1.165) is 22.1 Å². The average Bonchev–Trinajstić information content (AvgIpc) is 2.59. The van der Waals surface area contributed by atoms with E-state index in [1.165, 1.54) is 13.2 Å². The number of benzene rings is 2. The maximum absolute atomic E-state index is 11.9. The van der Waals surface area contributed by atoms with Gasteiger partial charge in [-0.05, 0) is 30.2 Å². The Bertz CT molecular complexity index is 955. The van der Waals surface area contributed by atoms with Crippen LogP contribution in [0.25, 0.3) is 22.1 Å². The van der Waals surface area contributed by atoms with Crippen LogP contribution < -0.4 is 10.4 Å². The highest BCUT2D eigenvalue weighted by Crippen LogP contribution is 2.31. The van der Waals surface area contributed by atoms with E-state index in [4.69, 9.17) is 9.15 Å². The minimum absolute atomic E-state index is 0.205. The third kappa shape index (κ3) is 3.15. The molecular formula is C19H16O5. The Kier molecular flexibility index (Phi) is 4.33. The van der Waals surface area contributed by atoms with Crippen molar-refractivity contribution in [2.75, 3.05) is 13.7 Å². The number of aryl methyl sites for hydroxylation is 1. The number of ether oxygens (including phenoxy) is 2. The molecule has 24 heavy (non-hydrogen) atoms. The van der Waals surface area contributed by atoms with Crippen molar-refractivity contribution in [2.45, 2.75) is 6.92 Å². The zero-order chi connectivity index (χ0) is 17.1. The van der Waals surface area contributed by atoms with Gasteiger partial charge in [-0.2, -0.15) is 0 Å². The number of esters is 1. The van der Waals surface area contributed by atoms with Gasteiger partial charge in [-0.25, -0.2) is 9.59 Å². The molecule has 3 rings (SSSR count). The number of methoxy groups -OCH3 is 1. The zero-order valence-electron chi connectivity index (χ0n) is 13.4. The van der Waals surface area contributed by atoms with Gasteiger partial charge in [0.2, 0.25) is 0 Å². The van der Waals surface area contributed by atoms with Crippen LogP contribution in [0.5, 0.6) is 5.75 Å². The molecule has 5 heteroatoms. The van der Waals surface area contributed by atoms with Crippen LogP contribution in [0.4, 0.5) is 0 Å². The standard InChI is InChI=1S/C19H16O5/c1-12-5-3-4-6-14(12)16-10-18(20)24-17-9-13(7-8-15(16)17)23-11-19(21)22-2/h3-10H,11H2,1-2H3. The van der Waals surface area contributed by atoms with Gasteiger partial charge in [-0.1, -0.05) is 24.3 Å². The molecule has 0 unspecified atom stereocenters. The Labute approximate surface area is 138 Å². The highest BCUT2D eigenvalue weighted by molar-refractivity contribution is 5.94. The minimum Gasteiger partial charge on any atom is -0.482 e. The third-order valence-electron chi connectivity index (χ3n) is 3.74. The second kappa shape index (κ2) is 6.58. The number of carbonyl (C=O) groups excluding carboxylic acids is 1. The van der Waals surface area contributed by atoms with Gasteiger partial charge < -0.3 is 13.9 Å². The lowest BCUT2D eigenvalue weighted by molar-refractivity contribution is -0.142. The molecule has 0 amide bonds. The second-order valence-electron chi connectivity index (χ2n) is 5.32. The van der Waals surface area contributed by atoms with Crippen LogP contribution in [0.15, 0.2) is 57.7 Å². The molecule has 0 radical (unpaired) electrons. The fourth-order valence-corrected chi connectivity index (χ4v) is 2.53. The lowest BCUT2D eigenvalue weighted by atomic mass is 9.98. The lowest BCUT2D eigenvalue weighted by Gasteiger charge is -2.10. The van der Waals surface area contributed by atoms with Crippen LogP contribution in [0.2, 0.25) is 0 Å². The predicted molar refractivity (Wildman–Crippen MR) is 90.2 cm³/mol. The van der Waals surface area contributed by atoms with Gasteiger partial charge in [0, 0.05) is 23.1 Å². The van der Waals surface area contributed by atoms with Crippen LogP contribution in [-0.4, -0.2) is 19.7 Å². The number of rotatable bonds is 4. The summed E-state index contributed by atoms with van der Waals surface area (Å²) in [6.45, 7) is 1.79. The van der Waals surface area contributed by atoms with E-state index in [9.17, 15) is 9.59 Å². The Hall–Kier alpha value is -3.08. The van der Waals surface area contributed by atoms with Gasteiger partial charge >= 0.3 is 11.6 Å². The molecule has 0 aliphatic rings. The number of carbonyl (C=O) groups is 1.